The molecule has 2 aliphatic rings. The van der Waals surface area contributed by atoms with Gasteiger partial charge in [0.1, 0.15) is 5.41 Å². The molecule has 1 aliphatic carbocycles. The number of hydrogen-bond acceptors (Lipinski definition) is 5. The standard InChI is InChI=1S/C12H15N5O3/c18-9-12(3-1-4-12)10(19)17(11(20)14-9)7-2-6-16-8-5-13-15-16/h5,8H,1-4,6-7H2,(H,14,18,20). The molecule has 1 aliphatic heterocycles. The van der Waals surface area contributed by atoms with Gasteiger partial charge in [-0.15, -0.1) is 5.10 Å². The molecule has 1 saturated carbocycles. The molecule has 106 valence electrons. The minimum atomic E-state index is -0.985. The van der Waals surface area contributed by atoms with Crippen LogP contribution in [-0.2, 0) is 16.1 Å². The van der Waals surface area contributed by atoms with Crippen molar-refractivity contribution in [3.8, 4) is 0 Å². The first-order valence-corrected chi connectivity index (χ1v) is 6.65. The van der Waals surface area contributed by atoms with Gasteiger partial charge in [-0.1, -0.05) is 11.6 Å². The monoisotopic (exact) mass is 277 g/mol. The molecular formula is C12H15N5O3. The minimum absolute atomic E-state index is 0.277. The Labute approximate surface area is 115 Å². The van der Waals surface area contributed by atoms with Crippen LogP contribution < -0.4 is 5.32 Å². The maximum absolute atomic E-state index is 12.4. The van der Waals surface area contributed by atoms with Crippen molar-refractivity contribution in [1.29, 1.82) is 0 Å². The zero-order chi connectivity index (χ0) is 14.2. The lowest BCUT2D eigenvalue weighted by molar-refractivity contribution is -0.157. The molecule has 4 amide bonds. The Morgan fingerprint density at radius 2 is 2.05 bits per heavy atom. The van der Waals surface area contributed by atoms with E-state index in [1.54, 1.807) is 17.1 Å². The summed E-state index contributed by atoms with van der Waals surface area (Å²) in [5, 5.41) is 9.78. The van der Waals surface area contributed by atoms with Crippen LogP contribution in [0.25, 0.3) is 0 Å². The molecule has 20 heavy (non-hydrogen) atoms. The Morgan fingerprint density at radius 1 is 1.25 bits per heavy atom. The van der Waals surface area contributed by atoms with E-state index in [2.05, 4.69) is 15.6 Å². The number of nitrogens with one attached hydrogen (secondary N) is 1. The average Bonchev–Trinajstić information content (AvgIpc) is 2.84. The van der Waals surface area contributed by atoms with Crippen molar-refractivity contribution in [1.82, 2.24) is 25.2 Å². The third-order valence-corrected chi connectivity index (χ3v) is 4.00. The molecule has 2 heterocycles. The summed E-state index contributed by atoms with van der Waals surface area (Å²) in [7, 11) is 0. The summed E-state index contributed by atoms with van der Waals surface area (Å²) in [6.45, 7) is 0.845. The van der Waals surface area contributed by atoms with E-state index in [0.29, 0.717) is 25.8 Å². The van der Waals surface area contributed by atoms with Crippen molar-refractivity contribution < 1.29 is 14.4 Å². The van der Waals surface area contributed by atoms with E-state index in [1.807, 2.05) is 0 Å². The highest BCUT2D eigenvalue weighted by Crippen LogP contribution is 2.44. The Balaban J connectivity index is 1.64. The highest BCUT2D eigenvalue weighted by atomic mass is 16.2. The lowest BCUT2D eigenvalue weighted by Gasteiger charge is -2.44. The van der Waals surface area contributed by atoms with Crippen molar-refractivity contribution in [2.75, 3.05) is 6.54 Å². The predicted octanol–water partition coefficient (Wildman–Crippen LogP) is -0.0831. The van der Waals surface area contributed by atoms with Crippen LogP contribution in [0.5, 0.6) is 0 Å². The number of hydrogen-bond donors (Lipinski definition) is 1. The van der Waals surface area contributed by atoms with Crippen LogP contribution in [0.3, 0.4) is 0 Å². The molecule has 1 aromatic heterocycles. The van der Waals surface area contributed by atoms with E-state index in [4.69, 9.17) is 0 Å². The molecule has 1 aromatic rings. The van der Waals surface area contributed by atoms with Crippen molar-refractivity contribution in [3.63, 3.8) is 0 Å². The largest absolute Gasteiger partial charge is 0.330 e. The number of aryl methyl sites for hydroxylation is 1. The first-order valence-electron chi connectivity index (χ1n) is 6.65. The van der Waals surface area contributed by atoms with E-state index < -0.39 is 17.4 Å². The molecular weight excluding hydrogens is 262 g/mol. The number of urea groups is 1. The maximum Gasteiger partial charge on any atom is 0.330 e. The lowest BCUT2D eigenvalue weighted by atomic mass is 9.66. The molecule has 1 saturated heterocycles. The van der Waals surface area contributed by atoms with Crippen LogP contribution in [0.4, 0.5) is 4.79 Å². The summed E-state index contributed by atoms with van der Waals surface area (Å²) in [5.74, 6) is -0.789. The van der Waals surface area contributed by atoms with Gasteiger partial charge in [-0.05, 0) is 19.3 Å². The number of carbonyl (C=O) groups excluding carboxylic acids is 3. The summed E-state index contributed by atoms with van der Waals surface area (Å²) in [6.07, 6.45) is 5.78. The van der Waals surface area contributed by atoms with E-state index in [0.717, 1.165) is 11.3 Å². The first-order chi connectivity index (χ1) is 9.63. The highest BCUT2D eigenvalue weighted by molar-refractivity contribution is 6.19. The van der Waals surface area contributed by atoms with Crippen LogP contribution >= 0.6 is 0 Å². The average molecular weight is 277 g/mol. The second kappa shape index (κ2) is 4.69. The number of carbonyl (C=O) groups is 3. The van der Waals surface area contributed by atoms with Crippen LogP contribution in [-0.4, -0.2) is 44.3 Å². The van der Waals surface area contributed by atoms with E-state index in [9.17, 15) is 14.4 Å². The third-order valence-electron chi connectivity index (χ3n) is 4.00. The summed E-state index contributed by atoms with van der Waals surface area (Å²) >= 11 is 0. The Morgan fingerprint density at radius 3 is 2.65 bits per heavy atom. The Kier molecular flexibility index (Phi) is 3.00. The number of amides is 4. The second-order valence-electron chi connectivity index (χ2n) is 5.17. The zero-order valence-corrected chi connectivity index (χ0v) is 10.9. The molecule has 2 fully saturated rings. The Bertz CT molecular complexity index is 549. The summed E-state index contributed by atoms with van der Waals surface area (Å²) in [4.78, 5) is 37.1. The molecule has 3 rings (SSSR count). The first kappa shape index (κ1) is 12.8. The fraction of sp³-hybridized carbons (Fsp3) is 0.583. The topological polar surface area (TPSA) is 97.2 Å². The number of nitrogens with zero attached hydrogens (tertiary/aromatic N) is 4. The number of imide groups is 2. The fourth-order valence-electron chi connectivity index (χ4n) is 2.65. The van der Waals surface area contributed by atoms with Gasteiger partial charge in [0.15, 0.2) is 0 Å². The van der Waals surface area contributed by atoms with Crippen molar-refractivity contribution in [3.05, 3.63) is 12.4 Å². The molecule has 0 aromatic carbocycles. The normalized spacial score (nSPS) is 21.0. The van der Waals surface area contributed by atoms with Gasteiger partial charge in [0.25, 0.3) is 0 Å². The van der Waals surface area contributed by atoms with Gasteiger partial charge in [0.05, 0.1) is 6.20 Å². The third kappa shape index (κ3) is 1.87. The van der Waals surface area contributed by atoms with Crippen LogP contribution in [0.1, 0.15) is 25.7 Å². The van der Waals surface area contributed by atoms with Gasteiger partial charge in [0.2, 0.25) is 11.8 Å². The molecule has 0 atom stereocenters. The fourth-order valence-corrected chi connectivity index (χ4v) is 2.65. The summed E-state index contributed by atoms with van der Waals surface area (Å²) in [5.41, 5.74) is -0.985. The highest BCUT2D eigenvalue weighted by Gasteiger charge is 2.57. The molecule has 1 N–H and O–H groups in total. The lowest BCUT2D eigenvalue weighted by Crippen LogP contribution is -2.66. The van der Waals surface area contributed by atoms with E-state index in [-0.39, 0.29) is 12.5 Å². The summed E-state index contributed by atoms with van der Waals surface area (Å²) < 4.78 is 1.64. The number of aromatic nitrogens is 3. The maximum atomic E-state index is 12.4. The minimum Gasteiger partial charge on any atom is -0.277 e. The van der Waals surface area contributed by atoms with Crippen LogP contribution in [0.15, 0.2) is 12.4 Å². The molecule has 0 unspecified atom stereocenters. The Hall–Kier alpha value is -2.25. The smallest absolute Gasteiger partial charge is 0.277 e. The van der Waals surface area contributed by atoms with Crippen molar-refractivity contribution in [2.45, 2.75) is 32.2 Å². The van der Waals surface area contributed by atoms with Gasteiger partial charge >= 0.3 is 6.03 Å². The van der Waals surface area contributed by atoms with Gasteiger partial charge < -0.3 is 0 Å². The number of barbiturate groups is 1. The molecule has 8 nitrogen and oxygen atoms in total. The van der Waals surface area contributed by atoms with Gasteiger partial charge in [-0.2, -0.15) is 0 Å². The molecule has 8 heteroatoms. The quantitative estimate of drug-likeness (QED) is 0.776. The SMILES string of the molecule is O=C1NC(=O)C2(CCC2)C(=O)N1CCCn1ccnn1. The second-order valence-corrected chi connectivity index (χ2v) is 5.17. The van der Waals surface area contributed by atoms with E-state index >= 15 is 0 Å². The summed E-state index contributed by atoms with van der Waals surface area (Å²) in [6, 6.07) is -0.615. The molecule has 1 spiro atoms. The van der Waals surface area contributed by atoms with Gasteiger partial charge in [0, 0.05) is 19.3 Å². The van der Waals surface area contributed by atoms with Gasteiger partial charge in [-0.3, -0.25) is 24.5 Å². The zero-order valence-electron chi connectivity index (χ0n) is 10.9. The van der Waals surface area contributed by atoms with Crippen LogP contribution in [0, 0.1) is 5.41 Å². The predicted molar refractivity (Wildman–Crippen MR) is 66.2 cm³/mol. The molecule has 0 radical (unpaired) electrons. The molecule has 0 bridgehead atoms. The van der Waals surface area contributed by atoms with Crippen LogP contribution in [0.2, 0.25) is 0 Å². The number of rotatable bonds is 4. The van der Waals surface area contributed by atoms with Crippen molar-refractivity contribution in [2.24, 2.45) is 5.41 Å². The van der Waals surface area contributed by atoms with E-state index in [1.165, 1.54) is 0 Å². The van der Waals surface area contributed by atoms with Crippen molar-refractivity contribution >= 4 is 17.8 Å². The van der Waals surface area contributed by atoms with Gasteiger partial charge in [-0.25, -0.2) is 4.79 Å².